The number of imidazole rings is 1. The molecule has 1 aliphatic heterocycles. The molecule has 0 spiro atoms. The summed E-state index contributed by atoms with van der Waals surface area (Å²) in [5, 5.41) is 8.10. The second-order valence-electron chi connectivity index (χ2n) is 7.44. The van der Waals surface area contributed by atoms with E-state index in [1.807, 2.05) is 50.6 Å². The van der Waals surface area contributed by atoms with Crippen LogP contribution in [0, 0.1) is 5.92 Å². The van der Waals surface area contributed by atoms with Gasteiger partial charge in [-0.3, -0.25) is 4.79 Å². The Morgan fingerprint density at radius 1 is 1.28 bits per heavy atom. The van der Waals surface area contributed by atoms with E-state index in [2.05, 4.69) is 15.1 Å². The Labute approximate surface area is 172 Å². The third kappa shape index (κ3) is 3.80. The first-order valence-corrected chi connectivity index (χ1v) is 10.7. The van der Waals surface area contributed by atoms with Crippen molar-refractivity contribution >= 4 is 28.3 Å². The summed E-state index contributed by atoms with van der Waals surface area (Å²) in [4.78, 5) is 23.8. The summed E-state index contributed by atoms with van der Waals surface area (Å²) in [6, 6.07) is 9.87. The number of carbonyl (C=O) groups excluding carboxylic acids is 1. The minimum atomic E-state index is 0.127. The highest BCUT2D eigenvalue weighted by Crippen LogP contribution is 2.23. The molecule has 1 aliphatic rings. The molecule has 3 aromatic heterocycles. The molecule has 1 fully saturated rings. The van der Waals surface area contributed by atoms with Crippen molar-refractivity contribution in [3.05, 3.63) is 53.3 Å². The number of amides is 1. The lowest BCUT2D eigenvalue weighted by Gasteiger charge is -2.32. The molecule has 29 heavy (non-hydrogen) atoms. The largest absolute Gasteiger partial charge is 0.341 e. The molecule has 1 amide bonds. The minimum Gasteiger partial charge on any atom is -0.341 e. The number of fused-ring (bicyclic) bond motifs is 1. The molecule has 148 valence electrons. The van der Waals surface area contributed by atoms with Crippen molar-refractivity contribution in [2.45, 2.75) is 25.8 Å². The molecule has 1 atom stereocenters. The monoisotopic (exact) mass is 407 g/mol. The van der Waals surface area contributed by atoms with Crippen LogP contribution >= 0.6 is 11.3 Å². The van der Waals surface area contributed by atoms with Gasteiger partial charge < -0.3 is 14.0 Å². The van der Waals surface area contributed by atoms with Gasteiger partial charge in [-0.15, -0.1) is 0 Å². The van der Waals surface area contributed by atoms with Crippen molar-refractivity contribution in [2.75, 3.05) is 13.1 Å². The highest BCUT2D eigenvalue weighted by molar-refractivity contribution is 7.08. The van der Waals surface area contributed by atoms with Crippen LogP contribution in [0.3, 0.4) is 0 Å². The van der Waals surface area contributed by atoms with Gasteiger partial charge in [0.2, 0.25) is 17.6 Å². The summed E-state index contributed by atoms with van der Waals surface area (Å²) >= 11 is 1.61. The fourth-order valence-electron chi connectivity index (χ4n) is 3.93. The molecule has 0 bridgehead atoms. The first kappa shape index (κ1) is 18.1. The van der Waals surface area contributed by atoms with Gasteiger partial charge in [-0.2, -0.15) is 16.3 Å². The molecular weight excluding hydrogens is 386 g/mol. The number of nitrogens with zero attached hydrogens (tertiary/aromatic N) is 5. The second kappa shape index (κ2) is 7.79. The molecule has 8 heteroatoms. The Balaban J connectivity index is 1.23. The van der Waals surface area contributed by atoms with Gasteiger partial charge in [0.15, 0.2) is 0 Å². The zero-order valence-corrected chi connectivity index (χ0v) is 16.7. The van der Waals surface area contributed by atoms with E-state index in [4.69, 9.17) is 4.52 Å². The highest BCUT2D eigenvalue weighted by Gasteiger charge is 2.26. The fourth-order valence-corrected chi connectivity index (χ4v) is 4.57. The van der Waals surface area contributed by atoms with Crippen LogP contribution in [0.15, 0.2) is 51.9 Å². The van der Waals surface area contributed by atoms with E-state index in [1.165, 1.54) is 0 Å². The van der Waals surface area contributed by atoms with E-state index in [0.29, 0.717) is 30.6 Å². The lowest BCUT2D eigenvalue weighted by molar-refractivity contribution is -0.133. The summed E-state index contributed by atoms with van der Waals surface area (Å²) in [5.41, 5.74) is 2.88. The lowest BCUT2D eigenvalue weighted by Crippen LogP contribution is -2.42. The first-order valence-electron chi connectivity index (χ1n) is 9.79. The number of hydrogen-bond donors (Lipinski definition) is 0. The molecule has 0 saturated carbocycles. The maximum absolute atomic E-state index is 12.9. The Morgan fingerprint density at radius 2 is 2.21 bits per heavy atom. The highest BCUT2D eigenvalue weighted by atomic mass is 32.1. The lowest BCUT2D eigenvalue weighted by atomic mass is 9.94. The van der Waals surface area contributed by atoms with Crippen molar-refractivity contribution in [3.63, 3.8) is 0 Å². The summed E-state index contributed by atoms with van der Waals surface area (Å²) in [6.45, 7) is 1.84. The number of para-hydroxylation sites is 2. The van der Waals surface area contributed by atoms with Crippen LogP contribution in [-0.4, -0.2) is 43.6 Å². The Bertz CT molecular complexity index is 1120. The van der Waals surface area contributed by atoms with Gasteiger partial charge >= 0.3 is 0 Å². The van der Waals surface area contributed by atoms with Gasteiger partial charge in [0, 0.05) is 30.5 Å². The van der Waals surface area contributed by atoms with Gasteiger partial charge in [0.25, 0.3) is 0 Å². The van der Waals surface area contributed by atoms with E-state index in [1.54, 1.807) is 17.7 Å². The van der Waals surface area contributed by atoms with Crippen LogP contribution in [0.4, 0.5) is 0 Å². The van der Waals surface area contributed by atoms with Crippen LogP contribution in [0.5, 0.6) is 0 Å². The minimum absolute atomic E-state index is 0.127. The second-order valence-corrected chi connectivity index (χ2v) is 8.22. The number of rotatable bonds is 5. The van der Waals surface area contributed by atoms with Crippen LogP contribution < -0.4 is 0 Å². The van der Waals surface area contributed by atoms with Crippen molar-refractivity contribution in [3.8, 4) is 11.4 Å². The number of benzene rings is 1. The fraction of sp³-hybridized carbons (Fsp3) is 0.333. The standard InChI is InChI=1S/C21H21N5O2S/c27-20(12-26-14-22-17-5-1-2-6-18(17)26)25-8-3-4-15(11-25)10-19-23-21(24-28-19)16-7-9-29-13-16/h1-2,5-7,9,13-15H,3-4,8,10-12H2. The Morgan fingerprint density at radius 3 is 3.10 bits per heavy atom. The van der Waals surface area contributed by atoms with Gasteiger partial charge in [0.1, 0.15) is 6.54 Å². The van der Waals surface area contributed by atoms with Crippen molar-refractivity contribution < 1.29 is 9.32 Å². The molecule has 0 aliphatic carbocycles. The normalized spacial score (nSPS) is 17.1. The number of thiophene rings is 1. The van der Waals surface area contributed by atoms with Crippen LogP contribution in [0.1, 0.15) is 18.7 Å². The van der Waals surface area contributed by atoms with E-state index in [9.17, 15) is 4.79 Å². The van der Waals surface area contributed by atoms with Crippen molar-refractivity contribution in [2.24, 2.45) is 5.92 Å². The SMILES string of the molecule is O=C(Cn1cnc2ccccc21)N1CCCC(Cc2nc(-c3ccsc3)no2)C1. The molecule has 5 rings (SSSR count). The predicted molar refractivity (Wildman–Crippen MR) is 110 cm³/mol. The molecule has 0 radical (unpaired) electrons. The molecule has 1 saturated heterocycles. The average Bonchev–Trinajstić information content (AvgIpc) is 3.49. The predicted octanol–water partition coefficient (Wildman–Crippen LogP) is 3.63. The van der Waals surface area contributed by atoms with Crippen molar-refractivity contribution in [1.29, 1.82) is 0 Å². The van der Waals surface area contributed by atoms with Crippen LogP contribution in [0.2, 0.25) is 0 Å². The maximum Gasteiger partial charge on any atom is 0.242 e. The van der Waals surface area contributed by atoms with Crippen LogP contribution in [0.25, 0.3) is 22.4 Å². The van der Waals surface area contributed by atoms with E-state index >= 15 is 0 Å². The average molecular weight is 407 g/mol. The molecule has 7 nitrogen and oxygen atoms in total. The van der Waals surface area contributed by atoms with Gasteiger partial charge in [0.05, 0.1) is 17.4 Å². The Kier molecular flexibility index (Phi) is 4.85. The van der Waals surface area contributed by atoms with Crippen LogP contribution in [-0.2, 0) is 17.8 Å². The molecule has 0 N–H and O–H groups in total. The van der Waals surface area contributed by atoms with Gasteiger partial charge in [-0.05, 0) is 42.3 Å². The third-order valence-electron chi connectivity index (χ3n) is 5.42. The zero-order valence-electron chi connectivity index (χ0n) is 15.9. The zero-order chi connectivity index (χ0) is 19.6. The topological polar surface area (TPSA) is 77.1 Å². The smallest absolute Gasteiger partial charge is 0.242 e. The number of hydrogen-bond acceptors (Lipinski definition) is 6. The Hall–Kier alpha value is -3.00. The van der Waals surface area contributed by atoms with Crippen molar-refractivity contribution in [1.82, 2.24) is 24.6 Å². The molecule has 1 unspecified atom stereocenters. The number of aromatic nitrogens is 4. The summed E-state index contributed by atoms with van der Waals surface area (Å²) in [7, 11) is 0. The van der Waals surface area contributed by atoms with E-state index < -0.39 is 0 Å². The molecular formula is C21H21N5O2S. The van der Waals surface area contributed by atoms with Gasteiger partial charge in [-0.1, -0.05) is 17.3 Å². The summed E-state index contributed by atoms with van der Waals surface area (Å²) < 4.78 is 7.37. The summed E-state index contributed by atoms with van der Waals surface area (Å²) in [6.07, 6.45) is 4.50. The van der Waals surface area contributed by atoms with Gasteiger partial charge in [-0.25, -0.2) is 4.98 Å². The number of likely N-dealkylation sites (tertiary alicyclic amines) is 1. The maximum atomic E-state index is 12.9. The van der Waals surface area contributed by atoms with E-state index in [-0.39, 0.29) is 5.91 Å². The molecule has 1 aromatic carbocycles. The molecule has 4 aromatic rings. The summed E-state index contributed by atoms with van der Waals surface area (Å²) in [5.74, 6) is 1.74. The first-order chi connectivity index (χ1) is 14.3. The van der Waals surface area contributed by atoms with E-state index in [0.717, 1.165) is 42.5 Å². The number of carbonyl (C=O) groups is 1. The molecule has 4 heterocycles. The number of piperidine rings is 1. The third-order valence-corrected chi connectivity index (χ3v) is 6.10. The quantitative estimate of drug-likeness (QED) is 0.505.